The first kappa shape index (κ1) is 17.0. The highest BCUT2D eigenvalue weighted by Gasteiger charge is 2.37. The second-order valence-corrected chi connectivity index (χ2v) is 8.57. The first-order chi connectivity index (χ1) is 9.68. The largest absolute Gasteiger partial charge is 0.299 e. The van der Waals surface area contributed by atoms with Crippen LogP contribution in [-0.4, -0.2) is 49.8 Å². The van der Waals surface area contributed by atoms with Gasteiger partial charge in [0.25, 0.3) is 0 Å². The second kappa shape index (κ2) is 6.05. The molecule has 118 valence electrons. The van der Waals surface area contributed by atoms with E-state index in [9.17, 15) is 8.42 Å². The highest BCUT2D eigenvalue weighted by Crippen LogP contribution is 2.28. The van der Waals surface area contributed by atoms with Crippen LogP contribution in [0.25, 0.3) is 0 Å². The van der Waals surface area contributed by atoms with Crippen molar-refractivity contribution in [2.75, 3.05) is 26.7 Å². The Morgan fingerprint density at radius 2 is 1.95 bits per heavy atom. The molecule has 1 aliphatic heterocycles. The number of benzene rings is 1. The highest BCUT2D eigenvalue weighted by molar-refractivity contribution is 7.89. The van der Waals surface area contributed by atoms with Crippen LogP contribution in [0.5, 0.6) is 0 Å². The molecule has 1 aromatic carbocycles. The summed E-state index contributed by atoms with van der Waals surface area (Å²) in [5.41, 5.74) is 0.543. The van der Waals surface area contributed by atoms with Gasteiger partial charge in [-0.05, 0) is 38.6 Å². The molecule has 0 aliphatic carbocycles. The SMILES string of the molecule is CN1CCN(S(=O)(=O)c2ccc(CCl)c(Cl)c2)CC1(C)C. The van der Waals surface area contributed by atoms with E-state index in [-0.39, 0.29) is 16.3 Å². The summed E-state index contributed by atoms with van der Waals surface area (Å²) in [6.45, 7) is 5.73. The van der Waals surface area contributed by atoms with Crippen molar-refractivity contribution in [2.45, 2.75) is 30.2 Å². The molecule has 1 heterocycles. The Labute approximate surface area is 136 Å². The molecule has 0 spiro atoms. The lowest BCUT2D eigenvalue weighted by atomic mass is 10.0. The average Bonchev–Trinajstić information content (AvgIpc) is 2.41. The third-order valence-electron chi connectivity index (χ3n) is 4.09. The lowest BCUT2D eigenvalue weighted by Crippen LogP contribution is -2.58. The number of alkyl halides is 1. The van der Waals surface area contributed by atoms with Gasteiger partial charge in [0.05, 0.1) is 4.90 Å². The lowest BCUT2D eigenvalue weighted by molar-refractivity contribution is 0.0801. The normalized spacial score (nSPS) is 20.6. The number of halogens is 2. The number of hydrogen-bond donors (Lipinski definition) is 0. The van der Waals surface area contributed by atoms with Crippen LogP contribution in [0.3, 0.4) is 0 Å². The van der Waals surface area contributed by atoms with Crippen molar-refractivity contribution >= 4 is 33.2 Å². The van der Waals surface area contributed by atoms with Gasteiger partial charge in [0.1, 0.15) is 0 Å². The standard InChI is InChI=1S/C14H20Cl2N2O2S/c1-14(2)10-18(7-6-17(14)3)21(19,20)12-5-4-11(9-15)13(16)8-12/h4-5,8H,6-7,9-10H2,1-3H3. The van der Waals surface area contributed by atoms with Gasteiger partial charge >= 0.3 is 0 Å². The summed E-state index contributed by atoms with van der Waals surface area (Å²) in [5, 5.41) is 0.388. The summed E-state index contributed by atoms with van der Waals surface area (Å²) < 4.78 is 27.0. The minimum atomic E-state index is -3.52. The maximum atomic E-state index is 12.7. The Balaban J connectivity index is 2.32. The quantitative estimate of drug-likeness (QED) is 0.787. The zero-order valence-corrected chi connectivity index (χ0v) is 14.8. The molecule has 0 bridgehead atoms. The van der Waals surface area contributed by atoms with Crippen LogP contribution in [-0.2, 0) is 15.9 Å². The summed E-state index contributed by atoms with van der Waals surface area (Å²) in [7, 11) is -1.51. The van der Waals surface area contributed by atoms with Gasteiger partial charge in [0.15, 0.2) is 0 Å². The molecule has 0 N–H and O–H groups in total. The molecule has 0 saturated carbocycles. The topological polar surface area (TPSA) is 40.6 Å². The first-order valence-corrected chi connectivity index (χ1v) is 9.09. The molecule has 1 fully saturated rings. The van der Waals surface area contributed by atoms with Crippen molar-refractivity contribution < 1.29 is 8.42 Å². The van der Waals surface area contributed by atoms with Crippen LogP contribution in [0.1, 0.15) is 19.4 Å². The molecule has 1 aromatic rings. The van der Waals surface area contributed by atoms with Crippen LogP contribution >= 0.6 is 23.2 Å². The van der Waals surface area contributed by atoms with Crippen molar-refractivity contribution in [1.82, 2.24) is 9.21 Å². The second-order valence-electron chi connectivity index (χ2n) is 5.96. The van der Waals surface area contributed by atoms with E-state index in [0.29, 0.717) is 24.7 Å². The van der Waals surface area contributed by atoms with Crippen molar-refractivity contribution in [3.8, 4) is 0 Å². The maximum Gasteiger partial charge on any atom is 0.243 e. The Bertz CT molecular complexity index is 632. The Morgan fingerprint density at radius 1 is 1.29 bits per heavy atom. The summed E-state index contributed by atoms with van der Waals surface area (Å²) >= 11 is 11.8. The molecule has 0 radical (unpaired) electrons. The van der Waals surface area contributed by atoms with Gasteiger partial charge in [-0.3, -0.25) is 4.90 Å². The van der Waals surface area contributed by atoms with E-state index in [1.165, 1.54) is 10.4 Å². The summed E-state index contributed by atoms with van der Waals surface area (Å²) in [5.74, 6) is 0.265. The summed E-state index contributed by atoms with van der Waals surface area (Å²) in [6, 6.07) is 4.73. The fourth-order valence-electron chi connectivity index (χ4n) is 2.35. The zero-order chi connectivity index (χ0) is 15.8. The minimum Gasteiger partial charge on any atom is -0.299 e. The Morgan fingerprint density at radius 3 is 2.48 bits per heavy atom. The predicted molar refractivity (Wildman–Crippen MR) is 86.5 cm³/mol. The third-order valence-corrected chi connectivity index (χ3v) is 6.57. The molecular formula is C14H20Cl2N2O2S. The minimum absolute atomic E-state index is 0.189. The van der Waals surface area contributed by atoms with Gasteiger partial charge in [-0.2, -0.15) is 4.31 Å². The number of likely N-dealkylation sites (N-methyl/N-ethyl adjacent to an activating group) is 1. The van der Waals surface area contributed by atoms with Crippen LogP contribution in [0, 0.1) is 0 Å². The number of nitrogens with zero attached hydrogens (tertiary/aromatic N) is 2. The smallest absolute Gasteiger partial charge is 0.243 e. The van der Waals surface area contributed by atoms with Crippen LogP contribution in [0.2, 0.25) is 5.02 Å². The van der Waals surface area contributed by atoms with E-state index < -0.39 is 10.0 Å². The molecule has 0 unspecified atom stereocenters. The monoisotopic (exact) mass is 350 g/mol. The van der Waals surface area contributed by atoms with Crippen LogP contribution < -0.4 is 0 Å². The molecule has 1 aliphatic rings. The van der Waals surface area contributed by atoms with Gasteiger partial charge in [0, 0.05) is 36.1 Å². The zero-order valence-electron chi connectivity index (χ0n) is 12.4. The van der Waals surface area contributed by atoms with Crippen molar-refractivity contribution in [1.29, 1.82) is 0 Å². The average molecular weight is 351 g/mol. The fourth-order valence-corrected chi connectivity index (χ4v) is 4.57. The molecule has 2 rings (SSSR count). The first-order valence-electron chi connectivity index (χ1n) is 6.74. The molecule has 0 amide bonds. The van der Waals surface area contributed by atoms with Gasteiger partial charge in [0.2, 0.25) is 10.0 Å². The Kier molecular flexibility index (Phi) is 4.90. The lowest BCUT2D eigenvalue weighted by Gasteiger charge is -2.44. The van der Waals surface area contributed by atoms with Crippen molar-refractivity contribution in [3.63, 3.8) is 0 Å². The van der Waals surface area contributed by atoms with Crippen LogP contribution in [0.4, 0.5) is 0 Å². The molecule has 4 nitrogen and oxygen atoms in total. The predicted octanol–water partition coefficient (Wildman–Crippen LogP) is 2.79. The summed E-state index contributed by atoms with van der Waals surface area (Å²) in [6.07, 6.45) is 0. The Hall–Kier alpha value is -0.330. The van der Waals surface area contributed by atoms with Gasteiger partial charge in [-0.15, -0.1) is 11.6 Å². The third kappa shape index (κ3) is 3.37. The number of rotatable bonds is 3. The molecule has 1 saturated heterocycles. The van der Waals surface area contributed by atoms with Gasteiger partial charge < -0.3 is 0 Å². The van der Waals surface area contributed by atoms with Crippen molar-refractivity contribution in [3.05, 3.63) is 28.8 Å². The summed E-state index contributed by atoms with van der Waals surface area (Å²) in [4.78, 5) is 2.39. The van der Waals surface area contributed by atoms with E-state index in [4.69, 9.17) is 23.2 Å². The number of hydrogen-bond acceptors (Lipinski definition) is 3. The van der Waals surface area contributed by atoms with Crippen LogP contribution in [0.15, 0.2) is 23.1 Å². The van der Waals surface area contributed by atoms with E-state index in [2.05, 4.69) is 4.90 Å². The number of piperazine rings is 1. The molecule has 21 heavy (non-hydrogen) atoms. The fraction of sp³-hybridized carbons (Fsp3) is 0.571. The van der Waals surface area contributed by atoms with Gasteiger partial charge in [-0.1, -0.05) is 17.7 Å². The number of sulfonamides is 1. The molecular weight excluding hydrogens is 331 g/mol. The maximum absolute atomic E-state index is 12.7. The molecule has 0 atom stereocenters. The molecule has 0 aromatic heterocycles. The van der Waals surface area contributed by atoms with Gasteiger partial charge in [-0.25, -0.2) is 8.42 Å². The van der Waals surface area contributed by atoms with E-state index in [0.717, 1.165) is 5.56 Å². The highest BCUT2D eigenvalue weighted by atomic mass is 35.5. The van der Waals surface area contributed by atoms with E-state index >= 15 is 0 Å². The van der Waals surface area contributed by atoms with E-state index in [1.54, 1.807) is 12.1 Å². The van der Waals surface area contributed by atoms with Crippen molar-refractivity contribution in [2.24, 2.45) is 0 Å². The molecule has 7 heteroatoms. The van der Waals surface area contributed by atoms with E-state index in [1.807, 2.05) is 20.9 Å².